The van der Waals surface area contributed by atoms with Crippen molar-refractivity contribution < 1.29 is 0 Å². The summed E-state index contributed by atoms with van der Waals surface area (Å²) in [6.45, 7) is 11.2. The van der Waals surface area contributed by atoms with Gasteiger partial charge in [-0.25, -0.2) is 0 Å². The molecule has 1 aromatic rings. The molecule has 2 aliphatic rings. The highest BCUT2D eigenvalue weighted by Crippen LogP contribution is 2.42. The number of piperazine rings is 1. The molecule has 1 aliphatic carbocycles. The van der Waals surface area contributed by atoms with E-state index in [9.17, 15) is 0 Å². The first-order valence-corrected chi connectivity index (χ1v) is 8.42. The van der Waals surface area contributed by atoms with E-state index < -0.39 is 0 Å². The minimum atomic E-state index is 0.443. The first-order chi connectivity index (χ1) is 10.0. The van der Waals surface area contributed by atoms with Crippen LogP contribution in [0.1, 0.15) is 58.2 Å². The highest BCUT2D eigenvalue weighted by atomic mass is 15.4. The van der Waals surface area contributed by atoms with Gasteiger partial charge in [-0.15, -0.1) is 5.10 Å². The van der Waals surface area contributed by atoms with E-state index in [0.717, 1.165) is 43.9 Å². The summed E-state index contributed by atoms with van der Waals surface area (Å²) >= 11 is 0. The SMILES string of the molecule is CC(C)(C)C1CCC(c2nc(N3CCNCC3)n[nH]2)CC1. The molecule has 1 saturated heterocycles. The van der Waals surface area contributed by atoms with Crippen molar-refractivity contribution in [3.05, 3.63) is 5.82 Å². The maximum absolute atomic E-state index is 4.78. The van der Waals surface area contributed by atoms with E-state index in [2.05, 4.69) is 41.2 Å². The zero-order valence-corrected chi connectivity index (χ0v) is 13.7. The van der Waals surface area contributed by atoms with E-state index in [0.29, 0.717) is 11.3 Å². The zero-order valence-electron chi connectivity index (χ0n) is 13.7. The second kappa shape index (κ2) is 5.95. The van der Waals surface area contributed by atoms with Crippen LogP contribution in [0.5, 0.6) is 0 Å². The molecule has 1 aliphatic heterocycles. The van der Waals surface area contributed by atoms with Crippen molar-refractivity contribution in [1.82, 2.24) is 20.5 Å². The Balaban J connectivity index is 1.60. The minimum absolute atomic E-state index is 0.443. The summed E-state index contributed by atoms with van der Waals surface area (Å²) in [5, 5.41) is 11.0. The summed E-state index contributed by atoms with van der Waals surface area (Å²) in [5.41, 5.74) is 0.443. The van der Waals surface area contributed by atoms with Crippen molar-refractivity contribution in [3.8, 4) is 0 Å². The van der Waals surface area contributed by atoms with Crippen LogP contribution in [-0.4, -0.2) is 41.4 Å². The summed E-state index contributed by atoms with van der Waals surface area (Å²) < 4.78 is 0. The molecule has 5 nitrogen and oxygen atoms in total. The molecule has 2 N–H and O–H groups in total. The van der Waals surface area contributed by atoms with Gasteiger partial charge in [0, 0.05) is 32.1 Å². The van der Waals surface area contributed by atoms with Crippen LogP contribution in [-0.2, 0) is 0 Å². The van der Waals surface area contributed by atoms with E-state index in [1.54, 1.807) is 0 Å². The lowest BCUT2D eigenvalue weighted by molar-refractivity contribution is 0.167. The van der Waals surface area contributed by atoms with Gasteiger partial charge in [0.25, 0.3) is 0 Å². The first kappa shape index (κ1) is 14.8. The Morgan fingerprint density at radius 3 is 2.33 bits per heavy atom. The molecule has 0 unspecified atom stereocenters. The smallest absolute Gasteiger partial charge is 0.244 e. The highest BCUT2D eigenvalue weighted by molar-refractivity contribution is 5.30. The molecular formula is C16H29N5. The summed E-state index contributed by atoms with van der Waals surface area (Å²) in [6.07, 6.45) is 5.13. The number of hydrogen-bond donors (Lipinski definition) is 2. The maximum atomic E-state index is 4.78. The Kier molecular flexibility index (Phi) is 4.20. The van der Waals surface area contributed by atoms with Gasteiger partial charge in [0.15, 0.2) is 0 Å². The number of aromatic amines is 1. The summed E-state index contributed by atoms with van der Waals surface area (Å²) in [6, 6.07) is 0. The van der Waals surface area contributed by atoms with Crippen LogP contribution in [0.15, 0.2) is 0 Å². The molecule has 2 heterocycles. The van der Waals surface area contributed by atoms with Crippen LogP contribution in [0.3, 0.4) is 0 Å². The predicted octanol–water partition coefficient (Wildman–Crippen LogP) is 2.53. The van der Waals surface area contributed by atoms with Crippen molar-refractivity contribution >= 4 is 5.95 Å². The molecule has 1 aromatic heterocycles. The van der Waals surface area contributed by atoms with E-state index in [4.69, 9.17) is 4.98 Å². The van der Waals surface area contributed by atoms with Crippen LogP contribution in [0.2, 0.25) is 0 Å². The average molecular weight is 291 g/mol. The number of anilines is 1. The molecule has 0 atom stereocenters. The van der Waals surface area contributed by atoms with E-state index in [1.165, 1.54) is 25.7 Å². The lowest BCUT2D eigenvalue weighted by Crippen LogP contribution is -2.44. The second-order valence-corrected chi connectivity index (χ2v) is 7.67. The molecule has 3 rings (SSSR count). The number of nitrogens with zero attached hydrogens (tertiary/aromatic N) is 3. The quantitative estimate of drug-likeness (QED) is 0.879. The predicted molar refractivity (Wildman–Crippen MR) is 85.6 cm³/mol. The molecule has 118 valence electrons. The number of hydrogen-bond acceptors (Lipinski definition) is 4. The van der Waals surface area contributed by atoms with Gasteiger partial charge in [-0.2, -0.15) is 4.98 Å². The van der Waals surface area contributed by atoms with Gasteiger partial charge in [0.1, 0.15) is 5.82 Å². The number of aromatic nitrogens is 3. The third kappa shape index (κ3) is 3.39. The molecule has 5 heteroatoms. The molecular weight excluding hydrogens is 262 g/mol. The molecule has 1 saturated carbocycles. The largest absolute Gasteiger partial charge is 0.337 e. The molecule has 0 aromatic carbocycles. The summed E-state index contributed by atoms with van der Waals surface area (Å²) in [7, 11) is 0. The second-order valence-electron chi connectivity index (χ2n) is 7.67. The molecule has 0 bridgehead atoms. The lowest BCUT2D eigenvalue weighted by atomic mass is 9.70. The Hall–Kier alpha value is -1.10. The van der Waals surface area contributed by atoms with Gasteiger partial charge in [0.05, 0.1) is 0 Å². The molecule has 0 spiro atoms. The number of H-pyrrole nitrogens is 1. The monoisotopic (exact) mass is 291 g/mol. The molecule has 21 heavy (non-hydrogen) atoms. The van der Waals surface area contributed by atoms with Gasteiger partial charge in [-0.3, -0.25) is 5.10 Å². The number of rotatable bonds is 2. The Morgan fingerprint density at radius 2 is 1.71 bits per heavy atom. The Labute approximate surface area is 127 Å². The standard InChI is InChI=1S/C16H29N5/c1-16(2,3)13-6-4-12(5-7-13)14-18-15(20-19-14)21-10-8-17-9-11-21/h12-13,17H,4-11H2,1-3H3,(H,18,19,20). The highest BCUT2D eigenvalue weighted by Gasteiger charge is 2.31. The lowest BCUT2D eigenvalue weighted by Gasteiger charge is -2.36. The van der Waals surface area contributed by atoms with Crippen LogP contribution in [0, 0.1) is 11.3 Å². The minimum Gasteiger partial charge on any atom is -0.337 e. The van der Waals surface area contributed by atoms with Gasteiger partial charge in [-0.1, -0.05) is 20.8 Å². The van der Waals surface area contributed by atoms with Crippen LogP contribution >= 0.6 is 0 Å². The van der Waals surface area contributed by atoms with E-state index >= 15 is 0 Å². The molecule has 0 radical (unpaired) electrons. The van der Waals surface area contributed by atoms with Crippen molar-refractivity contribution in [1.29, 1.82) is 0 Å². The van der Waals surface area contributed by atoms with Crippen LogP contribution in [0.4, 0.5) is 5.95 Å². The van der Waals surface area contributed by atoms with E-state index in [-0.39, 0.29) is 0 Å². The first-order valence-electron chi connectivity index (χ1n) is 8.42. The van der Waals surface area contributed by atoms with Crippen molar-refractivity contribution in [2.45, 2.75) is 52.4 Å². The van der Waals surface area contributed by atoms with Gasteiger partial charge < -0.3 is 10.2 Å². The third-order valence-electron chi connectivity index (χ3n) is 5.23. The van der Waals surface area contributed by atoms with Crippen LogP contribution < -0.4 is 10.2 Å². The Morgan fingerprint density at radius 1 is 1.05 bits per heavy atom. The number of nitrogens with one attached hydrogen (secondary N) is 2. The normalized spacial score (nSPS) is 27.9. The third-order valence-corrected chi connectivity index (χ3v) is 5.23. The zero-order chi connectivity index (χ0) is 14.9. The maximum Gasteiger partial charge on any atom is 0.244 e. The van der Waals surface area contributed by atoms with Crippen molar-refractivity contribution in [3.63, 3.8) is 0 Å². The summed E-state index contributed by atoms with van der Waals surface area (Å²) in [4.78, 5) is 7.05. The van der Waals surface area contributed by atoms with Gasteiger partial charge >= 0.3 is 0 Å². The van der Waals surface area contributed by atoms with E-state index in [1.807, 2.05) is 0 Å². The molecule has 2 fully saturated rings. The van der Waals surface area contributed by atoms with Crippen LogP contribution in [0.25, 0.3) is 0 Å². The fourth-order valence-corrected chi connectivity index (χ4v) is 3.69. The summed E-state index contributed by atoms with van der Waals surface area (Å²) in [5.74, 6) is 3.43. The fourth-order valence-electron chi connectivity index (χ4n) is 3.69. The van der Waals surface area contributed by atoms with Crippen molar-refractivity contribution in [2.75, 3.05) is 31.1 Å². The van der Waals surface area contributed by atoms with Gasteiger partial charge in [-0.05, 0) is 37.0 Å². The van der Waals surface area contributed by atoms with Gasteiger partial charge in [0.2, 0.25) is 5.95 Å². The fraction of sp³-hybridized carbons (Fsp3) is 0.875. The Bertz CT molecular complexity index is 447. The van der Waals surface area contributed by atoms with Crippen molar-refractivity contribution in [2.24, 2.45) is 11.3 Å². The average Bonchev–Trinajstić information content (AvgIpc) is 2.97. The molecule has 0 amide bonds. The topological polar surface area (TPSA) is 56.8 Å².